The molecule has 2 aromatic carbocycles. The molecule has 6 heteroatoms. The van der Waals surface area contributed by atoms with E-state index >= 15 is 0 Å². The Morgan fingerprint density at radius 2 is 1.73 bits per heavy atom. The van der Waals surface area contributed by atoms with Crippen molar-refractivity contribution in [1.82, 2.24) is 4.90 Å². The van der Waals surface area contributed by atoms with Gasteiger partial charge in [-0.05, 0) is 67.6 Å². The zero-order valence-electron chi connectivity index (χ0n) is 17.2. The van der Waals surface area contributed by atoms with Crippen LogP contribution in [0.25, 0.3) is 5.57 Å². The van der Waals surface area contributed by atoms with E-state index in [0.29, 0.717) is 40.8 Å². The molecular formula is C24H25FN2O3. The molecule has 1 atom stereocenters. The van der Waals surface area contributed by atoms with E-state index in [2.05, 4.69) is 6.92 Å². The van der Waals surface area contributed by atoms with Crippen LogP contribution < -0.4 is 9.64 Å². The van der Waals surface area contributed by atoms with E-state index in [0.717, 1.165) is 25.9 Å². The summed E-state index contributed by atoms with van der Waals surface area (Å²) >= 11 is 0. The van der Waals surface area contributed by atoms with Crippen molar-refractivity contribution >= 4 is 23.1 Å². The number of likely N-dealkylation sites (tertiary alicyclic amines) is 1. The van der Waals surface area contributed by atoms with Crippen molar-refractivity contribution in [3.63, 3.8) is 0 Å². The van der Waals surface area contributed by atoms with Gasteiger partial charge in [0.1, 0.15) is 17.3 Å². The lowest BCUT2D eigenvalue weighted by Crippen LogP contribution is -2.39. The monoisotopic (exact) mass is 408 g/mol. The largest absolute Gasteiger partial charge is 0.494 e. The number of anilines is 1. The van der Waals surface area contributed by atoms with Gasteiger partial charge < -0.3 is 9.64 Å². The molecule has 1 fully saturated rings. The van der Waals surface area contributed by atoms with E-state index in [-0.39, 0.29) is 17.6 Å². The van der Waals surface area contributed by atoms with Gasteiger partial charge in [-0.1, -0.05) is 19.1 Å². The highest BCUT2D eigenvalue weighted by Crippen LogP contribution is 2.36. The van der Waals surface area contributed by atoms with Crippen LogP contribution in [0.3, 0.4) is 0 Å². The normalized spacial score (nSPS) is 19.6. The van der Waals surface area contributed by atoms with Gasteiger partial charge in [0.25, 0.3) is 11.8 Å². The molecule has 1 unspecified atom stereocenters. The van der Waals surface area contributed by atoms with Crippen LogP contribution in [0.5, 0.6) is 5.75 Å². The average molecular weight is 408 g/mol. The maximum atomic E-state index is 13.5. The molecule has 0 radical (unpaired) electrons. The van der Waals surface area contributed by atoms with Crippen LogP contribution >= 0.6 is 0 Å². The fourth-order valence-corrected chi connectivity index (χ4v) is 4.17. The quantitative estimate of drug-likeness (QED) is 0.695. The summed E-state index contributed by atoms with van der Waals surface area (Å²) < 4.78 is 19.0. The molecule has 30 heavy (non-hydrogen) atoms. The van der Waals surface area contributed by atoms with Gasteiger partial charge >= 0.3 is 0 Å². The smallest absolute Gasteiger partial charge is 0.282 e. The predicted molar refractivity (Wildman–Crippen MR) is 113 cm³/mol. The highest BCUT2D eigenvalue weighted by atomic mass is 19.1. The number of hydrogen-bond acceptors (Lipinski definition) is 4. The molecule has 0 saturated carbocycles. The zero-order chi connectivity index (χ0) is 21.3. The highest BCUT2D eigenvalue weighted by molar-refractivity contribution is 6.45. The molecule has 2 aliphatic heterocycles. The van der Waals surface area contributed by atoms with Gasteiger partial charge in [-0.15, -0.1) is 0 Å². The summed E-state index contributed by atoms with van der Waals surface area (Å²) in [7, 11) is 0. The summed E-state index contributed by atoms with van der Waals surface area (Å²) in [5.41, 5.74) is 1.79. The minimum atomic E-state index is -0.385. The van der Waals surface area contributed by atoms with Crippen LogP contribution in [0.1, 0.15) is 32.3 Å². The second-order valence-corrected chi connectivity index (χ2v) is 7.80. The molecule has 2 aromatic rings. The molecule has 2 amide bonds. The van der Waals surface area contributed by atoms with Crippen LogP contribution in [-0.2, 0) is 9.59 Å². The molecule has 2 heterocycles. The van der Waals surface area contributed by atoms with Crippen molar-refractivity contribution < 1.29 is 18.7 Å². The van der Waals surface area contributed by atoms with Crippen LogP contribution in [0.4, 0.5) is 10.1 Å². The Labute approximate surface area is 175 Å². The highest BCUT2D eigenvalue weighted by Gasteiger charge is 2.43. The average Bonchev–Trinajstić information content (AvgIpc) is 3.00. The maximum Gasteiger partial charge on any atom is 0.282 e. The van der Waals surface area contributed by atoms with E-state index in [1.54, 1.807) is 36.4 Å². The molecular weight excluding hydrogens is 383 g/mol. The van der Waals surface area contributed by atoms with Crippen LogP contribution in [-0.4, -0.2) is 36.4 Å². The van der Waals surface area contributed by atoms with Gasteiger partial charge in [-0.25, -0.2) is 9.29 Å². The molecule has 0 aliphatic carbocycles. The van der Waals surface area contributed by atoms with E-state index < -0.39 is 0 Å². The maximum absolute atomic E-state index is 13.5. The lowest BCUT2D eigenvalue weighted by Gasteiger charge is -2.33. The number of rotatable bonds is 5. The van der Waals surface area contributed by atoms with E-state index in [1.165, 1.54) is 17.0 Å². The van der Waals surface area contributed by atoms with Crippen molar-refractivity contribution in [3.8, 4) is 5.75 Å². The minimum absolute atomic E-state index is 0.336. The van der Waals surface area contributed by atoms with Crippen molar-refractivity contribution in [2.75, 3.05) is 24.6 Å². The SMILES string of the molecule is CCOc1ccc(N2C(=O)C(c3ccc(F)cc3)=C(N3CCCC(C)C3)C2=O)cc1. The molecule has 0 spiro atoms. The summed E-state index contributed by atoms with van der Waals surface area (Å²) in [6.45, 7) is 6.02. The second-order valence-electron chi connectivity index (χ2n) is 7.80. The van der Waals surface area contributed by atoms with Crippen LogP contribution in [0.15, 0.2) is 54.2 Å². The summed E-state index contributed by atoms with van der Waals surface area (Å²) in [6, 6.07) is 12.7. The number of hydrogen-bond donors (Lipinski definition) is 0. The second kappa shape index (κ2) is 8.30. The Kier molecular flexibility index (Phi) is 5.57. The summed E-state index contributed by atoms with van der Waals surface area (Å²) in [5, 5.41) is 0. The number of nitrogens with zero attached hydrogens (tertiary/aromatic N) is 2. The molecule has 0 aromatic heterocycles. The number of benzene rings is 2. The number of ether oxygens (including phenoxy) is 1. The molecule has 0 N–H and O–H groups in total. The molecule has 5 nitrogen and oxygen atoms in total. The number of halogens is 1. The van der Waals surface area contributed by atoms with Gasteiger partial charge in [0.05, 0.1) is 17.9 Å². The van der Waals surface area contributed by atoms with Gasteiger partial charge in [0.2, 0.25) is 0 Å². The summed E-state index contributed by atoms with van der Waals surface area (Å²) in [4.78, 5) is 30.2. The van der Waals surface area contributed by atoms with Gasteiger partial charge in [0.15, 0.2) is 0 Å². The first-order valence-electron chi connectivity index (χ1n) is 10.4. The van der Waals surface area contributed by atoms with E-state index in [4.69, 9.17) is 4.74 Å². The first-order valence-corrected chi connectivity index (χ1v) is 10.4. The van der Waals surface area contributed by atoms with Crippen LogP contribution in [0, 0.1) is 11.7 Å². The van der Waals surface area contributed by atoms with Crippen molar-refractivity contribution in [3.05, 3.63) is 65.6 Å². The summed E-state index contributed by atoms with van der Waals surface area (Å²) in [5.74, 6) is 0.00880. The molecule has 156 valence electrons. The molecule has 1 saturated heterocycles. The lowest BCUT2D eigenvalue weighted by atomic mass is 9.98. The van der Waals surface area contributed by atoms with Crippen molar-refractivity contribution in [1.29, 1.82) is 0 Å². The first-order chi connectivity index (χ1) is 14.5. The Bertz CT molecular complexity index is 983. The standard InChI is InChI=1S/C24H25FN2O3/c1-3-30-20-12-10-19(11-13-20)27-23(28)21(17-6-8-18(25)9-7-17)22(24(27)29)26-14-4-5-16(2)15-26/h6-13,16H,3-5,14-15H2,1-2H3. The lowest BCUT2D eigenvalue weighted by molar-refractivity contribution is -0.120. The number of imide groups is 1. The van der Waals surface area contributed by atoms with Crippen molar-refractivity contribution in [2.24, 2.45) is 5.92 Å². The number of amides is 2. The topological polar surface area (TPSA) is 49.9 Å². The van der Waals surface area contributed by atoms with E-state index in [9.17, 15) is 14.0 Å². The first kappa shape index (κ1) is 20.1. The third-order valence-corrected chi connectivity index (χ3v) is 5.57. The summed E-state index contributed by atoms with van der Waals surface area (Å²) in [6.07, 6.45) is 2.06. The molecule has 4 rings (SSSR count). The van der Waals surface area contributed by atoms with Gasteiger partial charge in [-0.2, -0.15) is 0 Å². The van der Waals surface area contributed by atoms with Gasteiger partial charge in [-0.3, -0.25) is 9.59 Å². The van der Waals surface area contributed by atoms with Gasteiger partial charge in [0, 0.05) is 13.1 Å². The fourth-order valence-electron chi connectivity index (χ4n) is 4.17. The number of carbonyl (C=O) groups is 2. The molecule has 0 bridgehead atoms. The van der Waals surface area contributed by atoms with E-state index in [1.807, 2.05) is 11.8 Å². The minimum Gasteiger partial charge on any atom is -0.494 e. The third-order valence-electron chi connectivity index (χ3n) is 5.57. The Hall–Kier alpha value is -3.15. The number of carbonyl (C=O) groups excluding carboxylic acids is 2. The Balaban J connectivity index is 1.76. The Morgan fingerprint density at radius 1 is 1.03 bits per heavy atom. The third kappa shape index (κ3) is 3.70. The zero-order valence-corrected chi connectivity index (χ0v) is 17.2. The van der Waals surface area contributed by atoms with Crippen LogP contribution in [0.2, 0.25) is 0 Å². The predicted octanol–water partition coefficient (Wildman–Crippen LogP) is 4.24. The number of piperidine rings is 1. The Morgan fingerprint density at radius 3 is 2.37 bits per heavy atom. The van der Waals surface area contributed by atoms with Crippen molar-refractivity contribution in [2.45, 2.75) is 26.7 Å². The fraction of sp³-hybridized carbons (Fsp3) is 0.333. The molecule has 2 aliphatic rings.